The zero-order valence-corrected chi connectivity index (χ0v) is 11.4. The topological polar surface area (TPSA) is 23.5 Å². The lowest BCUT2D eigenvalue weighted by atomic mass is 10.1. The number of aliphatic hydroxyl groups is 1. The van der Waals surface area contributed by atoms with E-state index in [1.165, 1.54) is 57.8 Å². The molecule has 0 atom stereocenters. The Labute approximate surface area is 102 Å². The SMILES string of the molecule is CCCCCCCCCCCN(C)CCO. The van der Waals surface area contributed by atoms with E-state index in [1.54, 1.807) is 0 Å². The van der Waals surface area contributed by atoms with Crippen molar-refractivity contribution in [2.24, 2.45) is 0 Å². The summed E-state index contributed by atoms with van der Waals surface area (Å²) >= 11 is 0. The minimum absolute atomic E-state index is 0.286. The van der Waals surface area contributed by atoms with Crippen molar-refractivity contribution in [3.63, 3.8) is 0 Å². The number of hydrogen-bond acceptors (Lipinski definition) is 2. The highest BCUT2D eigenvalue weighted by Crippen LogP contribution is 2.09. The van der Waals surface area contributed by atoms with Gasteiger partial charge in [0.15, 0.2) is 0 Å². The van der Waals surface area contributed by atoms with Gasteiger partial charge in [0.05, 0.1) is 6.61 Å². The van der Waals surface area contributed by atoms with E-state index >= 15 is 0 Å². The van der Waals surface area contributed by atoms with E-state index in [4.69, 9.17) is 5.11 Å². The summed E-state index contributed by atoms with van der Waals surface area (Å²) in [5.74, 6) is 0. The molecule has 0 aliphatic rings. The monoisotopic (exact) mass is 229 g/mol. The predicted molar refractivity (Wildman–Crippen MR) is 71.8 cm³/mol. The first-order valence-electron chi connectivity index (χ1n) is 7.10. The molecule has 0 rings (SSSR count). The molecule has 0 unspecified atom stereocenters. The van der Waals surface area contributed by atoms with Gasteiger partial charge < -0.3 is 10.0 Å². The highest BCUT2D eigenvalue weighted by Gasteiger charge is 1.96. The fourth-order valence-electron chi connectivity index (χ4n) is 1.97. The average molecular weight is 229 g/mol. The van der Waals surface area contributed by atoms with E-state index < -0.39 is 0 Å². The number of nitrogens with zero attached hydrogens (tertiary/aromatic N) is 1. The van der Waals surface area contributed by atoms with E-state index in [9.17, 15) is 0 Å². The number of hydrogen-bond donors (Lipinski definition) is 1. The predicted octanol–water partition coefficient (Wildman–Crippen LogP) is 3.44. The van der Waals surface area contributed by atoms with Crippen LogP contribution in [0.5, 0.6) is 0 Å². The van der Waals surface area contributed by atoms with Crippen LogP contribution < -0.4 is 0 Å². The summed E-state index contributed by atoms with van der Waals surface area (Å²) in [6.45, 7) is 4.50. The molecule has 0 bridgehead atoms. The Morgan fingerprint density at radius 3 is 1.75 bits per heavy atom. The van der Waals surface area contributed by atoms with Gasteiger partial charge in [0.1, 0.15) is 0 Å². The number of unbranched alkanes of at least 4 members (excludes halogenated alkanes) is 8. The van der Waals surface area contributed by atoms with Gasteiger partial charge in [0, 0.05) is 6.54 Å². The summed E-state index contributed by atoms with van der Waals surface area (Å²) < 4.78 is 0. The molecule has 0 aliphatic carbocycles. The maximum atomic E-state index is 8.74. The molecule has 0 aromatic heterocycles. The molecule has 2 heteroatoms. The zero-order chi connectivity index (χ0) is 12.1. The van der Waals surface area contributed by atoms with Gasteiger partial charge >= 0.3 is 0 Å². The molecule has 0 amide bonds. The number of likely N-dealkylation sites (N-methyl/N-ethyl adjacent to an activating group) is 1. The van der Waals surface area contributed by atoms with Gasteiger partial charge in [-0.1, -0.05) is 58.3 Å². The molecule has 0 aliphatic heterocycles. The molecule has 16 heavy (non-hydrogen) atoms. The quantitative estimate of drug-likeness (QED) is 0.518. The van der Waals surface area contributed by atoms with Gasteiger partial charge in [0.25, 0.3) is 0 Å². The standard InChI is InChI=1S/C14H31NO/c1-3-4-5-6-7-8-9-10-11-12-15(2)13-14-16/h16H,3-14H2,1-2H3. The lowest BCUT2D eigenvalue weighted by Gasteiger charge is -2.14. The molecule has 0 aromatic rings. The summed E-state index contributed by atoms with van der Waals surface area (Å²) in [6.07, 6.45) is 12.5. The van der Waals surface area contributed by atoms with Crippen LogP contribution in [-0.4, -0.2) is 36.8 Å². The maximum absolute atomic E-state index is 8.74. The fraction of sp³-hybridized carbons (Fsp3) is 1.00. The Morgan fingerprint density at radius 1 is 0.750 bits per heavy atom. The van der Waals surface area contributed by atoms with Gasteiger partial charge in [-0.3, -0.25) is 0 Å². The van der Waals surface area contributed by atoms with Crippen molar-refractivity contribution in [3.05, 3.63) is 0 Å². The average Bonchev–Trinajstić information content (AvgIpc) is 2.27. The highest BCUT2D eigenvalue weighted by atomic mass is 16.3. The Morgan fingerprint density at radius 2 is 1.25 bits per heavy atom. The Balaban J connectivity index is 2.98. The normalized spacial score (nSPS) is 11.2. The fourth-order valence-corrected chi connectivity index (χ4v) is 1.97. The number of aliphatic hydroxyl groups excluding tert-OH is 1. The minimum Gasteiger partial charge on any atom is -0.395 e. The third-order valence-electron chi connectivity index (χ3n) is 3.13. The summed E-state index contributed by atoms with van der Waals surface area (Å²) in [5, 5.41) is 8.74. The van der Waals surface area contributed by atoms with Crippen molar-refractivity contribution in [2.45, 2.75) is 64.7 Å². The van der Waals surface area contributed by atoms with Gasteiger partial charge in [-0.2, -0.15) is 0 Å². The maximum Gasteiger partial charge on any atom is 0.0558 e. The molecule has 0 radical (unpaired) electrons. The molecule has 98 valence electrons. The molecule has 0 spiro atoms. The van der Waals surface area contributed by atoms with Crippen LogP contribution >= 0.6 is 0 Å². The van der Waals surface area contributed by atoms with Crippen LogP contribution in [0.4, 0.5) is 0 Å². The van der Waals surface area contributed by atoms with Crippen molar-refractivity contribution in [1.82, 2.24) is 4.90 Å². The molecule has 0 saturated heterocycles. The van der Waals surface area contributed by atoms with E-state index in [0.29, 0.717) is 0 Å². The Bertz CT molecular complexity index is 128. The molecular formula is C14H31NO. The Hall–Kier alpha value is -0.0800. The summed E-state index contributed by atoms with van der Waals surface area (Å²) in [6, 6.07) is 0. The van der Waals surface area contributed by atoms with Crippen LogP contribution in [0.1, 0.15) is 64.7 Å². The molecule has 0 aromatic carbocycles. The van der Waals surface area contributed by atoms with Crippen molar-refractivity contribution in [3.8, 4) is 0 Å². The minimum atomic E-state index is 0.286. The van der Waals surface area contributed by atoms with Gasteiger partial charge in [0.2, 0.25) is 0 Å². The highest BCUT2D eigenvalue weighted by molar-refractivity contribution is 4.52. The molecular weight excluding hydrogens is 198 g/mol. The molecule has 1 N–H and O–H groups in total. The lowest BCUT2D eigenvalue weighted by Crippen LogP contribution is -2.23. The molecule has 0 saturated carbocycles. The molecule has 0 heterocycles. The second kappa shape index (κ2) is 13.0. The first kappa shape index (κ1) is 15.9. The second-order valence-corrected chi connectivity index (χ2v) is 4.86. The van der Waals surface area contributed by atoms with E-state index in [2.05, 4.69) is 18.9 Å². The second-order valence-electron chi connectivity index (χ2n) is 4.86. The van der Waals surface area contributed by atoms with Crippen LogP contribution in [0, 0.1) is 0 Å². The lowest BCUT2D eigenvalue weighted by molar-refractivity contribution is 0.219. The van der Waals surface area contributed by atoms with E-state index in [-0.39, 0.29) is 6.61 Å². The molecule has 2 nitrogen and oxygen atoms in total. The van der Waals surface area contributed by atoms with Crippen molar-refractivity contribution in [1.29, 1.82) is 0 Å². The van der Waals surface area contributed by atoms with Crippen LogP contribution in [0.25, 0.3) is 0 Å². The first-order valence-corrected chi connectivity index (χ1v) is 7.10. The summed E-state index contributed by atoms with van der Waals surface area (Å²) in [7, 11) is 2.08. The van der Waals surface area contributed by atoms with Crippen molar-refractivity contribution in [2.75, 3.05) is 26.7 Å². The largest absolute Gasteiger partial charge is 0.395 e. The number of rotatable bonds is 12. The zero-order valence-electron chi connectivity index (χ0n) is 11.4. The third-order valence-corrected chi connectivity index (χ3v) is 3.13. The van der Waals surface area contributed by atoms with Crippen molar-refractivity contribution < 1.29 is 5.11 Å². The first-order chi connectivity index (χ1) is 7.81. The summed E-state index contributed by atoms with van der Waals surface area (Å²) in [5.41, 5.74) is 0. The smallest absolute Gasteiger partial charge is 0.0558 e. The Kier molecular flexibility index (Phi) is 12.9. The van der Waals surface area contributed by atoms with Gasteiger partial charge in [-0.15, -0.1) is 0 Å². The van der Waals surface area contributed by atoms with E-state index in [1.807, 2.05) is 0 Å². The van der Waals surface area contributed by atoms with Crippen LogP contribution in [0.2, 0.25) is 0 Å². The van der Waals surface area contributed by atoms with Gasteiger partial charge in [-0.25, -0.2) is 0 Å². The third kappa shape index (κ3) is 12.0. The molecule has 0 fully saturated rings. The van der Waals surface area contributed by atoms with Crippen LogP contribution in [0.15, 0.2) is 0 Å². The van der Waals surface area contributed by atoms with Crippen LogP contribution in [-0.2, 0) is 0 Å². The van der Waals surface area contributed by atoms with Crippen LogP contribution in [0.3, 0.4) is 0 Å². The van der Waals surface area contributed by atoms with Gasteiger partial charge in [-0.05, 0) is 20.0 Å². The summed E-state index contributed by atoms with van der Waals surface area (Å²) in [4.78, 5) is 2.21. The van der Waals surface area contributed by atoms with Crippen molar-refractivity contribution >= 4 is 0 Å². The van der Waals surface area contributed by atoms with E-state index in [0.717, 1.165) is 13.1 Å².